The fourth-order valence-electron chi connectivity index (χ4n) is 4.42. The lowest BCUT2D eigenvalue weighted by Crippen LogP contribution is -2.50. The van der Waals surface area contributed by atoms with E-state index in [0.717, 1.165) is 32.0 Å². The number of carbonyl (C=O) groups is 1. The quantitative estimate of drug-likeness (QED) is 0.787. The second-order valence-corrected chi connectivity index (χ2v) is 6.73. The SMILES string of the molecule is N#Cc1cccc(C(=O)N2CC3CC4CC2CN(C4)C3)c1. The van der Waals surface area contributed by atoms with Gasteiger partial charge in [0, 0.05) is 37.8 Å². The number of fused-ring (bicyclic) bond motifs is 1. The fraction of sp³-hybridized carbons (Fsp3) is 0.529. The number of rotatable bonds is 1. The molecule has 0 radical (unpaired) electrons. The molecule has 4 atom stereocenters. The van der Waals surface area contributed by atoms with Gasteiger partial charge in [-0.15, -0.1) is 0 Å². The summed E-state index contributed by atoms with van der Waals surface area (Å²) < 4.78 is 0. The molecule has 0 N–H and O–H groups in total. The van der Waals surface area contributed by atoms with Crippen molar-refractivity contribution in [3.05, 3.63) is 35.4 Å². The van der Waals surface area contributed by atoms with Crippen LogP contribution in [0.5, 0.6) is 0 Å². The van der Waals surface area contributed by atoms with E-state index in [2.05, 4.69) is 15.9 Å². The molecule has 0 saturated carbocycles. The summed E-state index contributed by atoms with van der Waals surface area (Å²) in [7, 11) is 0. The van der Waals surface area contributed by atoms with E-state index in [4.69, 9.17) is 5.26 Å². The van der Waals surface area contributed by atoms with Gasteiger partial charge in [-0.25, -0.2) is 0 Å². The molecular weight excluding hydrogens is 262 g/mol. The van der Waals surface area contributed by atoms with Gasteiger partial charge in [-0.2, -0.15) is 5.26 Å². The minimum Gasteiger partial charge on any atom is -0.334 e. The van der Waals surface area contributed by atoms with E-state index in [1.807, 2.05) is 6.07 Å². The van der Waals surface area contributed by atoms with Crippen molar-refractivity contribution in [2.45, 2.75) is 18.9 Å². The summed E-state index contributed by atoms with van der Waals surface area (Å²) in [6.45, 7) is 4.28. The summed E-state index contributed by atoms with van der Waals surface area (Å²) in [6.07, 6.45) is 2.42. The highest BCUT2D eigenvalue weighted by molar-refractivity contribution is 5.94. The van der Waals surface area contributed by atoms with E-state index in [1.165, 1.54) is 13.0 Å². The van der Waals surface area contributed by atoms with Crippen LogP contribution < -0.4 is 0 Å². The van der Waals surface area contributed by atoms with Gasteiger partial charge in [-0.05, 0) is 42.9 Å². The minimum atomic E-state index is 0.103. The van der Waals surface area contributed by atoms with Gasteiger partial charge in [0.2, 0.25) is 0 Å². The molecule has 0 spiro atoms. The molecule has 108 valence electrons. The number of hydrogen-bond acceptors (Lipinski definition) is 3. The summed E-state index contributed by atoms with van der Waals surface area (Å²) >= 11 is 0. The topological polar surface area (TPSA) is 47.3 Å². The van der Waals surface area contributed by atoms with Gasteiger partial charge < -0.3 is 9.80 Å². The van der Waals surface area contributed by atoms with Gasteiger partial charge in [0.15, 0.2) is 0 Å². The zero-order chi connectivity index (χ0) is 14.4. The first-order valence-electron chi connectivity index (χ1n) is 7.76. The molecule has 4 aliphatic heterocycles. The van der Waals surface area contributed by atoms with Crippen molar-refractivity contribution >= 4 is 5.91 Å². The van der Waals surface area contributed by atoms with Gasteiger partial charge in [-0.1, -0.05) is 6.07 Å². The Morgan fingerprint density at radius 3 is 2.81 bits per heavy atom. The van der Waals surface area contributed by atoms with Crippen molar-refractivity contribution in [2.75, 3.05) is 26.2 Å². The van der Waals surface area contributed by atoms with Crippen LogP contribution in [-0.4, -0.2) is 47.9 Å². The van der Waals surface area contributed by atoms with Crippen LogP contribution in [0.4, 0.5) is 0 Å². The third kappa shape index (κ3) is 2.22. The summed E-state index contributed by atoms with van der Waals surface area (Å²) in [6, 6.07) is 9.58. The molecule has 0 aromatic heterocycles. The maximum Gasteiger partial charge on any atom is 0.254 e. The van der Waals surface area contributed by atoms with Crippen molar-refractivity contribution in [3.63, 3.8) is 0 Å². The lowest BCUT2D eigenvalue weighted by atomic mass is 9.84. The van der Waals surface area contributed by atoms with Gasteiger partial charge in [0.1, 0.15) is 0 Å². The van der Waals surface area contributed by atoms with Crippen LogP contribution in [0.3, 0.4) is 0 Å². The van der Waals surface area contributed by atoms with E-state index >= 15 is 0 Å². The second-order valence-electron chi connectivity index (χ2n) is 6.73. The van der Waals surface area contributed by atoms with Gasteiger partial charge in [0.25, 0.3) is 5.91 Å². The summed E-state index contributed by atoms with van der Waals surface area (Å²) in [5.41, 5.74) is 1.22. The normalized spacial score (nSPS) is 33.6. The Bertz CT molecular complexity index is 607. The molecule has 5 rings (SSSR count). The van der Waals surface area contributed by atoms with Crippen LogP contribution in [0, 0.1) is 23.2 Å². The van der Waals surface area contributed by atoms with Crippen molar-refractivity contribution in [1.29, 1.82) is 5.26 Å². The van der Waals surface area contributed by atoms with Crippen molar-refractivity contribution in [3.8, 4) is 6.07 Å². The smallest absolute Gasteiger partial charge is 0.254 e. The average Bonchev–Trinajstić information content (AvgIpc) is 2.70. The maximum absolute atomic E-state index is 12.9. The molecule has 4 unspecified atom stereocenters. The molecule has 1 amide bonds. The van der Waals surface area contributed by atoms with Crippen molar-refractivity contribution in [1.82, 2.24) is 9.80 Å². The van der Waals surface area contributed by atoms with Crippen LogP contribution in [0.1, 0.15) is 28.8 Å². The first-order chi connectivity index (χ1) is 10.2. The molecule has 4 heteroatoms. The number of nitriles is 1. The van der Waals surface area contributed by atoms with Gasteiger partial charge >= 0.3 is 0 Å². The monoisotopic (exact) mass is 281 g/mol. The van der Waals surface area contributed by atoms with Crippen LogP contribution in [0.25, 0.3) is 0 Å². The second kappa shape index (κ2) is 4.85. The Hall–Kier alpha value is -1.86. The Kier molecular flexibility index (Phi) is 2.97. The molecule has 4 heterocycles. The molecule has 1 aromatic carbocycles. The Labute approximate surface area is 125 Å². The maximum atomic E-state index is 12.9. The van der Waals surface area contributed by atoms with E-state index < -0.39 is 0 Å². The average molecular weight is 281 g/mol. The van der Waals surface area contributed by atoms with Crippen LogP contribution >= 0.6 is 0 Å². The molecule has 4 bridgehead atoms. The summed E-state index contributed by atoms with van der Waals surface area (Å²) in [5, 5.41) is 9.01. The Morgan fingerprint density at radius 2 is 2.00 bits per heavy atom. The lowest BCUT2D eigenvalue weighted by Gasteiger charge is -2.41. The number of benzene rings is 1. The lowest BCUT2D eigenvalue weighted by molar-refractivity contribution is 0.0573. The summed E-state index contributed by atoms with van der Waals surface area (Å²) in [5.74, 6) is 1.50. The molecule has 1 aromatic rings. The highest BCUT2D eigenvalue weighted by Gasteiger charge is 2.43. The Morgan fingerprint density at radius 1 is 1.14 bits per heavy atom. The predicted octanol–water partition coefficient (Wildman–Crippen LogP) is 1.72. The first-order valence-corrected chi connectivity index (χ1v) is 7.76. The van der Waals surface area contributed by atoms with Crippen LogP contribution in [-0.2, 0) is 0 Å². The van der Waals surface area contributed by atoms with Gasteiger partial charge in [0.05, 0.1) is 11.6 Å². The van der Waals surface area contributed by atoms with E-state index in [9.17, 15) is 4.79 Å². The highest BCUT2D eigenvalue weighted by Crippen LogP contribution is 2.36. The molecular formula is C17H19N3O. The largest absolute Gasteiger partial charge is 0.334 e. The fourth-order valence-corrected chi connectivity index (χ4v) is 4.42. The minimum absolute atomic E-state index is 0.103. The molecule has 4 fully saturated rings. The predicted molar refractivity (Wildman–Crippen MR) is 78.6 cm³/mol. The third-order valence-corrected chi connectivity index (χ3v) is 5.17. The number of piperidine rings is 2. The zero-order valence-electron chi connectivity index (χ0n) is 12.0. The molecule has 4 aliphatic rings. The molecule has 21 heavy (non-hydrogen) atoms. The number of nitrogens with zero attached hydrogens (tertiary/aromatic N) is 3. The van der Waals surface area contributed by atoms with Crippen LogP contribution in [0.15, 0.2) is 24.3 Å². The molecule has 4 nitrogen and oxygen atoms in total. The van der Waals surface area contributed by atoms with Gasteiger partial charge in [-0.3, -0.25) is 4.79 Å². The standard InChI is InChI=1S/C17H19N3O/c18-7-12-2-1-3-15(5-12)17(21)20-10-14-4-13-6-16(20)11-19(8-13)9-14/h1-3,5,13-14,16H,4,6,8-11H2. The number of amides is 1. The summed E-state index contributed by atoms with van der Waals surface area (Å²) in [4.78, 5) is 17.5. The third-order valence-electron chi connectivity index (χ3n) is 5.17. The number of hydrogen-bond donors (Lipinski definition) is 0. The first kappa shape index (κ1) is 12.8. The van der Waals surface area contributed by atoms with Crippen LogP contribution in [0.2, 0.25) is 0 Å². The van der Waals surface area contributed by atoms with Crippen molar-refractivity contribution < 1.29 is 4.79 Å². The molecule has 0 aliphatic carbocycles. The van der Waals surface area contributed by atoms with Crippen molar-refractivity contribution in [2.24, 2.45) is 11.8 Å². The number of carbonyl (C=O) groups excluding carboxylic acids is 1. The highest BCUT2D eigenvalue weighted by atomic mass is 16.2. The van der Waals surface area contributed by atoms with E-state index in [1.54, 1.807) is 18.2 Å². The Balaban J connectivity index is 1.63. The van der Waals surface area contributed by atoms with E-state index in [-0.39, 0.29) is 5.91 Å². The van der Waals surface area contributed by atoms with E-state index in [0.29, 0.717) is 23.1 Å². The zero-order valence-corrected chi connectivity index (χ0v) is 12.0. The molecule has 4 saturated heterocycles.